The average molecular weight is 455 g/mol. The molecule has 34 heavy (non-hydrogen) atoms. The molecule has 6 heteroatoms. The molecule has 0 aliphatic heterocycles. The number of rotatable bonds is 7. The lowest BCUT2D eigenvalue weighted by atomic mass is 10.1. The van der Waals surface area contributed by atoms with Crippen molar-refractivity contribution in [2.75, 3.05) is 14.2 Å². The summed E-state index contributed by atoms with van der Waals surface area (Å²) in [6.07, 6.45) is 8.20. The molecule has 170 valence electrons. The molecule has 2 aromatic heterocycles. The number of pyridine rings is 2. The summed E-state index contributed by atoms with van der Waals surface area (Å²) in [6, 6.07) is 23.2. The van der Waals surface area contributed by atoms with Gasteiger partial charge in [0.25, 0.3) is 0 Å². The van der Waals surface area contributed by atoms with Crippen LogP contribution in [-0.4, -0.2) is 26.2 Å². The molecule has 4 rings (SSSR count). The number of ether oxygens (including phenoxy) is 2. The Hall–Kier alpha value is -4.32. The highest BCUT2D eigenvalue weighted by atomic mass is 16.5. The fourth-order valence-corrected chi connectivity index (χ4v) is 3.66. The van der Waals surface area contributed by atoms with Crippen LogP contribution in [-0.2, 0) is 22.6 Å². The molecule has 0 bridgehead atoms. The molecule has 0 fully saturated rings. The number of nitrogens with zero attached hydrogens (tertiary/aromatic N) is 2. The molecule has 0 unspecified atom stereocenters. The molecular formula is C28H26N2O4+2. The number of hydrogen-bond donors (Lipinski definition) is 0. The fourth-order valence-electron chi connectivity index (χ4n) is 3.66. The van der Waals surface area contributed by atoms with E-state index in [1.54, 1.807) is 24.3 Å². The summed E-state index contributed by atoms with van der Waals surface area (Å²) in [5, 5.41) is 0. The third-order valence-corrected chi connectivity index (χ3v) is 5.60. The Morgan fingerprint density at radius 1 is 0.559 bits per heavy atom. The smallest absolute Gasteiger partial charge is 0.337 e. The molecule has 0 atom stereocenters. The largest absolute Gasteiger partial charge is 0.465 e. The van der Waals surface area contributed by atoms with Gasteiger partial charge in [-0.05, 0) is 35.4 Å². The molecule has 0 radical (unpaired) electrons. The number of carbonyl (C=O) groups excluding carboxylic acids is 2. The number of esters is 2. The van der Waals surface area contributed by atoms with Gasteiger partial charge >= 0.3 is 11.9 Å². The summed E-state index contributed by atoms with van der Waals surface area (Å²) >= 11 is 0. The summed E-state index contributed by atoms with van der Waals surface area (Å²) in [7, 11) is 2.76. The summed E-state index contributed by atoms with van der Waals surface area (Å²) in [6.45, 7) is 1.43. The molecule has 0 aliphatic carbocycles. The van der Waals surface area contributed by atoms with Crippen molar-refractivity contribution in [2.45, 2.75) is 13.1 Å². The van der Waals surface area contributed by atoms with Crippen molar-refractivity contribution in [3.8, 4) is 11.1 Å². The Labute approximate surface area is 198 Å². The van der Waals surface area contributed by atoms with E-state index in [2.05, 4.69) is 33.4 Å². The number of hydrogen-bond acceptors (Lipinski definition) is 4. The van der Waals surface area contributed by atoms with E-state index in [1.165, 1.54) is 14.2 Å². The van der Waals surface area contributed by atoms with Crippen LogP contribution >= 0.6 is 0 Å². The average Bonchev–Trinajstić information content (AvgIpc) is 2.89. The first-order chi connectivity index (χ1) is 16.6. The molecule has 4 aromatic rings. The second-order valence-corrected chi connectivity index (χ2v) is 7.90. The molecule has 0 saturated heterocycles. The molecule has 0 N–H and O–H groups in total. The van der Waals surface area contributed by atoms with Crippen LogP contribution in [0.5, 0.6) is 0 Å². The number of carbonyl (C=O) groups is 2. The minimum Gasteiger partial charge on any atom is -0.465 e. The van der Waals surface area contributed by atoms with E-state index < -0.39 is 0 Å². The summed E-state index contributed by atoms with van der Waals surface area (Å²) < 4.78 is 13.7. The maximum Gasteiger partial charge on any atom is 0.337 e. The van der Waals surface area contributed by atoms with Gasteiger partial charge in [-0.25, -0.2) is 18.7 Å². The lowest BCUT2D eigenvalue weighted by Gasteiger charge is -2.04. The standard InChI is InChI=1S/C28H26N2O4/c1-33-27(31)25-7-3-21(4-8-25)19-29-15-11-23(12-16-29)24-13-17-30(18-14-24)20-22-5-9-26(10-6-22)28(32)34-2/h3-18H,19-20H2,1-2H3/q+2. The van der Waals surface area contributed by atoms with Gasteiger partial charge in [0.1, 0.15) is 0 Å². The normalized spacial score (nSPS) is 10.5. The van der Waals surface area contributed by atoms with Crippen molar-refractivity contribution >= 4 is 11.9 Å². The maximum atomic E-state index is 11.6. The minimum absolute atomic E-state index is 0.329. The van der Waals surface area contributed by atoms with E-state index in [9.17, 15) is 9.59 Å². The number of aromatic nitrogens is 2. The lowest BCUT2D eigenvalue weighted by Crippen LogP contribution is -2.33. The highest BCUT2D eigenvalue weighted by Gasteiger charge is 2.10. The number of methoxy groups -OCH3 is 2. The van der Waals surface area contributed by atoms with Gasteiger partial charge in [-0.3, -0.25) is 0 Å². The fraction of sp³-hybridized carbons (Fsp3) is 0.143. The summed E-state index contributed by atoms with van der Waals surface area (Å²) in [4.78, 5) is 23.1. The third kappa shape index (κ3) is 5.53. The van der Waals surface area contributed by atoms with Crippen LogP contribution in [0.2, 0.25) is 0 Å². The van der Waals surface area contributed by atoms with Crippen molar-refractivity contribution in [1.82, 2.24) is 0 Å². The van der Waals surface area contributed by atoms with Crippen molar-refractivity contribution in [3.63, 3.8) is 0 Å². The molecule has 0 amide bonds. The molecule has 6 nitrogen and oxygen atoms in total. The summed E-state index contributed by atoms with van der Waals surface area (Å²) in [5.74, 6) is -0.659. The zero-order valence-corrected chi connectivity index (χ0v) is 19.2. The van der Waals surface area contributed by atoms with Crippen LogP contribution in [0.25, 0.3) is 11.1 Å². The van der Waals surface area contributed by atoms with E-state index in [0.29, 0.717) is 24.2 Å². The van der Waals surface area contributed by atoms with Crippen molar-refractivity contribution in [1.29, 1.82) is 0 Å². The Morgan fingerprint density at radius 2 is 0.882 bits per heavy atom. The predicted octanol–water partition coefficient (Wildman–Crippen LogP) is 3.60. The molecule has 0 saturated carbocycles. The van der Waals surface area contributed by atoms with Gasteiger partial charge in [-0.15, -0.1) is 0 Å². The molecule has 0 spiro atoms. The van der Waals surface area contributed by atoms with Crippen LogP contribution in [0.3, 0.4) is 0 Å². The monoisotopic (exact) mass is 454 g/mol. The van der Waals surface area contributed by atoms with Crippen LogP contribution in [0, 0.1) is 0 Å². The quantitative estimate of drug-likeness (QED) is 0.316. The second kappa shape index (κ2) is 10.5. The Balaban J connectivity index is 1.38. The van der Waals surface area contributed by atoms with Crippen LogP contribution in [0.15, 0.2) is 97.6 Å². The van der Waals surface area contributed by atoms with Crippen molar-refractivity contribution in [2.24, 2.45) is 0 Å². The zero-order chi connectivity index (χ0) is 23.9. The topological polar surface area (TPSA) is 60.4 Å². The van der Waals surface area contributed by atoms with Gasteiger partial charge in [-0.2, -0.15) is 0 Å². The Morgan fingerprint density at radius 3 is 1.18 bits per heavy atom. The predicted molar refractivity (Wildman–Crippen MR) is 126 cm³/mol. The van der Waals surface area contributed by atoms with Gasteiger partial charge in [0.05, 0.1) is 25.3 Å². The van der Waals surface area contributed by atoms with Gasteiger partial charge in [0, 0.05) is 35.4 Å². The first kappa shape index (κ1) is 22.9. The van der Waals surface area contributed by atoms with E-state index >= 15 is 0 Å². The molecular weight excluding hydrogens is 428 g/mol. The first-order valence-corrected chi connectivity index (χ1v) is 10.9. The number of benzene rings is 2. The van der Waals surface area contributed by atoms with Crippen LogP contribution in [0.4, 0.5) is 0 Å². The van der Waals surface area contributed by atoms with Gasteiger partial charge in [0.15, 0.2) is 37.9 Å². The van der Waals surface area contributed by atoms with E-state index in [-0.39, 0.29) is 11.9 Å². The second-order valence-electron chi connectivity index (χ2n) is 7.90. The van der Waals surface area contributed by atoms with E-state index in [4.69, 9.17) is 9.47 Å². The zero-order valence-electron chi connectivity index (χ0n) is 19.2. The van der Waals surface area contributed by atoms with Crippen LogP contribution < -0.4 is 9.13 Å². The Bertz CT molecular complexity index is 1160. The van der Waals surface area contributed by atoms with Crippen molar-refractivity contribution in [3.05, 3.63) is 120 Å². The third-order valence-electron chi connectivity index (χ3n) is 5.60. The lowest BCUT2D eigenvalue weighted by molar-refractivity contribution is -0.688. The van der Waals surface area contributed by atoms with Crippen LogP contribution in [0.1, 0.15) is 31.8 Å². The van der Waals surface area contributed by atoms with E-state index in [1.807, 2.05) is 49.1 Å². The highest BCUT2D eigenvalue weighted by Crippen LogP contribution is 2.16. The maximum absolute atomic E-state index is 11.6. The van der Waals surface area contributed by atoms with Gasteiger partial charge in [0.2, 0.25) is 0 Å². The summed E-state index contributed by atoms with van der Waals surface area (Å²) in [5.41, 5.74) is 5.56. The SMILES string of the molecule is COC(=O)c1ccc(C[n+]2ccc(-c3cc[n+](Cc4ccc(C(=O)OC)cc4)cc3)cc2)cc1. The van der Waals surface area contributed by atoms with Gasteiger partial charge in [-0.1, -0.05) is 24.3 Å². The van der Waals surface area contributed by atoms with E-state index in [0.717, 1.165) is 22.3 Å². The van der Waals surface area contributed by atoms with Gasteiger partial charge < -0.3 is 9.47 Å². The minimum atomic E-state index is -0.329. The van der Waals surface area contributed by atoms with Crippen molar-refractivity contribution < 1.29 is 28.2 Å². The molecule has 0 aliphatic rings. The Kier molecular flexibility index (Phi) is 7.08. The molecule has 2 heterocycles. The highest BCUT2D eigenvalue weighted by molar-refractivity contribution is 5.89. The first-order valence-electron chi connectivity index (χ1n) is 10.9. The molecule has 2 aromatic carbocycles.